The van der Waals surface area contributed by atoms with Gasteiger partial charge >= 0.3 is 0 Å². The van der Waals surface area contributed by atoms with E-state index in [2.05, 4.69) is 10.1 Å². The van der Waals surface area contributed by atoms with Gasteiger partial charge in [-0.1, -0.05) is 13.8 Å². The van der Waals surface area contributed by atoms with Gasteiger partial charge in [0.2, 0.25) is 10.0 Å². The lowest BCUT2D eigenvalue weighted by atomic mass is 10.2. The summed E-state index contributed by atoms with van der Waals surface area (Å²) in [4.78, 5) is 8.82. The number of hydrogen-bond acceptors (Lipinski definition) is 5. The van der Waals surface area contributed by atoms with E-state index in [0.717, 1.165) is 29.9 Å². The van der Waals surface area contributed by atoms with Gasteiger partial charge in [0, 0.05) is 24.9 Å². The van der Waals surface area contributed by atoms with Crippen LogP contribution in [0.2, 0.25) is 0 Å². The first-order valence-corrected chi connectivity index (χ1v) is 9.98. The number of rotatable bonds is 4. The van der Waals surface area contributed by atoms with Crippen LogP contribution in [0.4, 0.5) is 0 Å². The molecule has 2 aromatic heterocycles. The number of aryl methyl sites for hydroxylation is 1. The van der Waals surface area contributed by atoms with Crippen molar-refractivity contribution in [3.63, 3.8) is 0 Å². The lowest BCUT2D eigenvalue weighted by Gasteiger charge is -2.22. The smallest absolute Gasteiger partial charge is 0.211 e. The number of hydrogen-bond donors (Lipinski definition) is 0. The molecule has 24 heavy (non-hydrogen) atoms. The van der Waals surface area contributed by atoms with Gasteiger partial charge in [-0.2, -0.15) is 9.40 Å². The lowest BCUT2D eigenvalue weighted by molar-refractivity contribution is 0.381. The quantitative estimate of drug-likeness (QED) is 0.845. The molecule has 0 amide bonds. The average molecular weight is 349 g/mol. The Kier molecular flexibility index (Phi) is 4.44. The molecule has 7 nitrogen and oxygen atoms in total. The minimum atomic E-state index is -3.28. The Bertz CT molecular complexity index is 844. The summed E-state index contributed by atoms with van der Waals surface area (Å²) in [7, 11) is -3.28. The lowest BCUT2D eigenvalue weighted by Crippen LogP contribution is -2.31. The number of aromatic nitrogens is 4. The highest BCUT2D eigenvalue weighted by molar-refractivity contribution is 7.88. The first kappa shape index (κ1) is 17.0. The molecule has 3 heterocycles. The molecular formula is C16H23N5O2S. The van der Waals surface area contributed by atoms with Crippen LogP contribution in [-0.2, 0) is 10.0 Å². The molecule has 0 N–H and O–H groups in total. The standard InChI is InChI=1S/C16H23N5O2S/c1-11(2)15-18-16(14-6-5-9-20(14)24(4,22)23)21(19-15)13-7-8-17-10-12(13)3/h7-8,10-11,14H,5-6,9H2,1-4H3. The second-order valence-electron chi connectivity index (χ2n) is 6.59. The molecule has 3 rings (SSSR count). The molecule has 1 atom stereocenters. The molecule has 1 aliphatic heterocycles. The van der Waals surface area contributed by atoms with E-state index in [0.29, 0.717) is 12.4 Å². The predicted octanol–water partition coefficient (Wildman–Crippen LogP) is 2.19. The molecule has 1 saturated heterocycles. The van der Waals surface area contributed by atoms with Gasteiger partial charge in [0.1, 0.15) is 0 Å². The van der Waals surface area contributed by atoms with E-state index in [4.69, 9.17) is 4.98 Å². The van der Waals surface area contributed by atoms with Crippen LogP contribution in [0.15, 0.2) is 18.5 Å². The van der Waals surface area contributed by atoms with Crippen LogP contribution in [0.1, 0.15) is 55.9 Å². The van der Waals surface area contributed by atoms with Gasteiger partial charge in [-0.05, 0) is 31.4 Å². The van der Waals surface area contributed by atoms with Gasteiger partial charge in [-0.25, -0.2) is 18.1 Å². The van der Waals surface area contributed by atoms with Crippen molar-refractivity contribution in [3.8, 4) is 5.69 Å². The van der Waals surface area contributed by atoms with Gasteiger partial charge in [0.25, 0.3) is 0 Å². The molecule has 1 fully saturated rings. The highest BCUT2D eigenvalue weighted by Crippen LogP contribution is 2.34. The van der Waals surface area contributed by atoms with Crippen LogP contribution in [0.3, 0.4) is 0 Å². The summed E-state index contributed by atoms with van der Waals surface area (Å²) in [5.41, 5.74) is 1.86. The van der Waals surface area contributed by atoms with Crippen molar-refractivity contribution in [2.45, 2.75) is 45.6 Å². The molecule has 2 aromatic rings. The third kappa shape index (κ3) is 3.08. The molecule has 0 spiro atoms. The van der Waals surface area contributed by atoms with E-state index >= 15 is 0 Å². The SMILES string of the molecule is Cc1cnccc1-n1nc(C(C)C)nc1C1CCCN1S(C)(=O)=O. The summed E-state index contributed by atoms with van der Waals surface area (Å²) in [6.07, 6.45) is 6.34. The third-order valence-electron chi connectivity index (χ3n) is 4.31. The molecule has 0 aromatic carbocycles. The topological polar surface area (TPSA) is 81.0 Å². The Morgan fingerprint density at radius 3 is 2.71 bits per heavy atom. The van der Waals surface area contributed by atoms with Crippen LogP contribution >= 0.6 is 0 Å². The molecule has 8 heteroatoms. The van der Waals surface area contributed by atoms with E-state index in [1.807, 2.05) is 26.8 Å². The van der Waals surface area contributed by atoms with Gasteiger partial charge in [0.05, 0.1) is 18.0 Å². The van der Waals surface area contributed by atoms with Crippen molar-refractivity contribution >= 4 is 10.0 Å². The van der Waals surface area contributed by atoms with Crippen LogP contribution in [0.5, 0.6) is 0 Å². The molecule has 0 radical (unpaired) electrons. The Hall–Kier alpha value is -1.80. The number of pyridine rings is 1. The van der Waals surface area contributed by atoms with Crippen molar-refractivity contribution in [3.05, 3.63) is 35.7 Å². The summed E-state index contributed by atoms with van der Waals surface area (Å²) in [6.45, 7) is 6.56. The summed E-state index contributed by atoms with van der Waals surface area (Å²) in [6, 6.07) is 1.62. The largest absolute Gasteiger partial charge is 0.264 e. The summed E-state index contributed by atoms with van der Waals surface area (Å²) < 4.78 is 27.6. The van der Waals surface area contributed by atoms with E-state index < -0.39 is 10.0 Å². The molecule has 0 aliphatic carbocycles. The maximum absolute atomic E-state index is 12.1. The van der Waals surface area contributed by atoms with Gasteiger partial charge < -0.3 is 0 Å². The van der Waals surface area contributed by atoms with Gasteiger partial charge in [-0.15, -0.1) is 0 Å². The van der Waals surface area contributed by atoms with E-state index in [-0.39, 0.29) is 12.0 Å². The molecule has 130 valence electrons. The molecule has 1 unspecified atom stereocenters. The minimum Gasteiger partial charge on any atom is -0.264 e. The second kappa shape index (κ2) is 6.25. The number of nitrogens with zero attached hydrogens (tertiary/aromatic N) is 5. The Labute approximate surface area is 142 Å². The van der Waals surface area contributed by atoms with Crippen LogP contribution in [0.25, 0.3) is 5.69 Å². The fourth-order valence-corrected chi connectivity index (χ4v) is 4.20. The van der Waals surface area contributed by atoms with Crippen molar-refractivity contribution in [2.75, 3.05) is 12.8 Å². The first-order valence-electron chi connectivity index (χ1n) is 8.13. The Balaban J connectivity index is 2.15. The van der Waals surface area contributed by atoms with E-state index in [1.54, 1.807) is 17.1 Å². The van der Waals surface area contributed by atoms with Crippen LogP contribution < -0.4 is 0 Å². The first-order chi connectivity index (χ1) is 11.3. The Morgan fingerprint density at radius 2 is 2.08 bits per heavy atom. The summed E-state index contributed by atoms with van der Waals surface area (Å²) in [5.74, 6) is 1.58. The van der Waals surface area contributed by atoms with Crippen molar-refractivity contribution in [2.24, 2.45) is 0 Å². The Morgan fingerprint density at radius 1 is 1.33 bits per heavy atom. The van der Waals surface area contributed by atoms with E-state index in [1.165, 1.54) is 10.6 Å². The molecular weight excluding hydrogens is 326 g/mol. The summed E-state index contributed by atoms with van der Waals surface area (Å²) in [5, 5.41) is 4.66. The fourth-order valence-electron chi connectivity index (χ4n) is 3.08. The number of sulfonamides is 1. The fraction of sp³-hybridized carbons (Fsp3) is 0.562. The van der Waals surface area contributed by atoms with Crippen LogP contribution in [-0.4, -0.2) is 45.3 Å². The van der Waals surface area contributed by atoms with E-state index in [9.17, 15) is 8.42 Å². The highest BCUT2D eigenvalue weighted by Gasteiger charge is 2.36. The van der Waals surface area contributed by atoms with Crippen molar-refractivity contribution < 1.29 is 8.42 Å². The average Bonchev–Trinajstić information content (AvgIpc) is 3.13. The van der Waals surface area contributed by atoms with Crippen molar-refractivity contribution in [1.29, 1.82) is 0 Å². The minimum absolute atomic E-state index is 0.167. The second-order valence-corrected chi connectivity index (χ2v) is 8.52. The zero-order valence-electron chi connectivity index (χ0n) is 14.5. The zero-order valence-corrected chi connectivity index (χ0v) is 15.3. The van der Waals surface area contributed by atoms with Crippen LogP contribution in [0, 0.1) is 6.92 Å². The summed E-state index contributed by atoms with van der Waals surface area (Å²) >= 11 is 0. The third-order valence-corrected chi connectivity index (χ3v) is 5.60. The molecule has 0 bridgehead atoms. The normalized spacial score (nSPS) is 19.3. The maximum Gasteiger partial charge on any atom is 0.211 e. The predicted molar refractivity (Wildman–Crippen MR) is 91.5 cm³/mol. The van der Waals surface area contributed by atoms with Gasteiger partial charge in [-0.3, -0.25) is 4.98 Å². The highest BCUT2D eigenvalue weighted by atomic mass is 32.2. The maximum atomic E-state index is 12.1. The monoisotopic (exact) mass is 349 g/mol. The zero-order chi connectivity index (χ0) is 17.5. The van der Waals surface area contributed by atoms with Gasteiger partial charge in [0.15, 0.2) is 11.6 Å². The molecule has 0 saturated carbocycles. The van der Waals surface area contributed by atoms with Crippen molar-refractivity contribution in [1.82, 2.24) is 24.1 Å². The molecule has 1 aliphatic rings.